The lowest BCUT2D eigenvalue weighted by molar-refractivity contribution is 0.209. The molecule has 1 heterocycles. The van der Waals surface area contributed by atoms with Crippen LogP contribution in [0.5, 0.6) is 0 Å². The molecular weight excluding hydrogens is 310 g/mol. The molecule has 1 saturated heterocycles. The molecule has 4 amide bonds. The van der Waals surface area contributed by atoms with Crippen LogP contribution in [-0.2, 0) is 11.0 Å². The summed E-state index contributed by atoms with van der Waals surface area (Å²) in [4.78, 5) is 22.7. The molecule has 1 aromatic rings. The highest BCUT2D eigenvalue weighted by Crippen LogP contribution is 2.37. The first-order valence-electron chi connectivity index (χ1n) is 7.69. The van der Waals surface area contributed by atoms with E-state index < -0.39 is 26.5 Å². The monoisotopic (exact) mass is 335 g/mol. The molecule has 0 atom stereocenters. The van der Waals surface area contributed by atoms with Gasteiger partial charge in [0.2, 0.25) is 0 Å². The topological polar surface area (TPSA) is 79.5 Å². The number of nitrogens with one attached hydrogen (secondary N) is 3. The third-order valence-electron chi connectivity index (χ3n) is 4.50. The molecule has 0 saturated carbocycles. The molecule has 1 aromatic carbocycles. The zero-order chi connectivity index (χ0) is 17.3. The summed E-state index contributed by atoms with van der Waals surface area (Å²) in [5.41, 5.74) is 1.90. The van der Waals surface area contributed by atoms with E-state index in [9.17, 15) is 9.59 Å². The minimum absolute atomic E-state index is 0.177. The normalized spacial score (nSPS) is 16.6. The van der Waals surface area contributed by atoms with Crippen molar-refractivity contribution in [3.63, 3.8) is 0 Å². The Morgan fingerprint density at radius 1 is 1.04 bits per heavy atom. The van der Waals surface area contributed by atoms with Gasteiger partial charge in [-0.1, -0.05) is 45.0 Å². The Kier molecular flexibility index (Phi) is 4.81. The van der Waals surface area contributed by atoms with E-state index in [2.05, 4.69) is 49.8 Å². The van der Waals surface area contributed by atoms with Gasteiger partial charge in [0.05, 0.1) is 6.61 Å². The average Bonchev–Trinajstić information content (AvgIpc) is 2.43. The van der Waals surface area contributed by atoms with E-state index in [0.29, 0.717) is 6.61 Å². The molecule has 1 fully saturated rings. The summed E-state index contributed by atoms with van der Waals surface area (Å²) >= 11 is 0. The van der Waals surface area contributed by atoms with E-state index in [1.54, 1.807) is 0 Å². The molecule has 6 nitrogen and oxygen atoms in total. The number of imide groups is 1. The highest BCUT2D eigenvalue weighted by atomic mass is 28.4. The van der Waals surface area contributed by atoms with Gasteiger partial charge in [-0.25, -0.2) is 9.59 Å². The number of hydrogen-bond acceptors (Lipinski definition) is 3. The molecule has 23 heavy (non-hydrogen) atoms. The van der Waals surface area contributed by atoms with Crippen molar-refractivity contribution < 1.29 is 14.0 Å². The van der Waals surface area contributed by atoms with Crippen LogP contribution in [0.4, 0.5) is 9.59 Å². The molecule has 0 spiro atoms. The lowest BCUT2D eigenvalue weighted by Crippen LogP contribution is -2.56. The number of rotatable bonds is 4. The van der Waals surface area contributed by atoms with E-state index in [1.807, 2.05) is 24.3 Å². The molecule has 0 aromatic heterocycles. The first-order valence-corrected chi connectivity index (χ1v) is 10.6. The quantitative estimate of drug-likeness (QED) is 0.739. The molecule has 3 N–H and O–H groups in total. The standard InChI is InChI=1S/C16H25N3O3Si/c1-16(2,3)23(4,5)22-10-11-6-8-12(9-7-11)13-17-14(20)19-15(21)18-13/h6-9,13H,10H2,1-5H3,(H3,17,18,19,20,21). The van der Waals surface area contributed by atoms with E-state index in [0.717, 1.165) is 11.1 Å². The van der Waals surface area contributed by atoms with Crippen molar-refractivity contribution >= 4 is 20.4 Å². The van der Waals surface area contributed by atoms with Crippen LogP contribution < -0.4 is 16.0 Å². The zero-order valence-electron chi connectivity index (χ0n) is 14.3. The number of hydrogen-bond donors (Lipinski definition) is 3. The summed E-state index contributed by atoms with van der Waals surface area (Å²) in [5, 5.41) is 7.61. The third-order valence-corrected chi connectivity index (χ3v) is 8.98. The second-order valence-corrected chi connectivity index (χ2v) is 12.1. The lowest BCUT2D eigenvalue weighted by Gasteiger charge is -2.36. The Morgan fingerprint density at radius 3 is 2.04 bits per heavy atom. The summed E-state index contributed by atoms with van der Waals surface area (Å²) in [7, 11) is -1.77. The molecule has 1 aliphatic rings. The average molecular weight is 335 g/mol. The van der Waals surface area contributed by atoms with Gasteiger partial charge in [0, 0.05) is 0 Å². The van der Waals surface area contributed by atoms with Gasteiger partial charge in [0.15, 0.2) is 8.32 Å². The number of carbonyl (C=O) groups is 2. The minimum atomic E-state index is -1.77. The Hall–Kier alpha value is -1.86. The Bertz CT molecular complexity index is 578. The van der Waals surface area contributed by atoms with Gasteiger partial charge in [0.1, 0.15) is 6.17 Å². The number of carbonyl (C=O) groups excluding carboxylic acids is 2. The van der Waals surface area contributed by atoms with Gasteiger partial charge >= 0.3 is 12.1 Å². The van der Waals surface area contributed by atoms with Gasteiger partial charge in [-0.3, -0.25) is 5.32 Å². The van der Waals surface area contributed by atoms with Crippen LogP contribution in [0.25, 0.3) is 0 Å². The number of urea groups is 2. The molecule has 2 rings (SSSR count). The van der Waals surface area contributed by atoms with E-state index >= 15 is 0 Å². The summed E-state index contributed by atoms with van der Waals surface area (Å²) in [6.45, 7) is 11.7. The SMILES string of the molecule is CC(C)(C)[Si](C)(C)OCc1ccc(C2NC(=O)NC(=O)N2)cc1. The second kappa shape index (κ2) is 6.33. The van der Waals surface area contributed by atoms with Crippen molar-refractivity contribution in [3.8, 4) is 0 Å². The number of benzene rings is 1. The Morgan fingerprint density at radius 2 is 1.57 bits per heavy atom. The van der Waals surface area contributed by atoms with Crippen LogP contribution in [0.2, 0.25) is 18.1 Å². The number of amides is 4. The lowest BCUT2D eigenvalue weighted by atomic mass is 10.1. The van der Waals surface area contributed by atoms with E-state index in [-0.39, 0.29) is 5.04 Å². The smallest absolute Gasteiger partial charge is 0.324 e. The maximum absolute atomic E-state index is 11.3. The largest absolute Gasteiger partial charge is 0.413 e. The van der Waals surface area contributed by atoms with Gasteiger partial charge in [0.25, 0.3) is 0 Å². The summed E-state index contributed by atoms with van der Waals surface area (Å²) in [6.07, 6.45) is -0.508. The molecule has 0 radical (unpaired) electrons. The van der Waals surface area contributed by atoms with Crippen molar-refractivity contribution in [2.45, 2.75) is 51.7 Å². The van der Waals surface area contributed by atoms with Crippen LogP contribution in [0.1, 0.15) is 38.1 Å². The summed E-state index contributed by atoms with van der Waals surface area (Å²) < 4.78 is 6.19. The highest BCUT2D eigenvalue weighted by molar-refractivity contribution is 6.74. The van der Waals surface area contributed by atoms with Crippen LogP contribution in [-0.4, -0.2) is 20.4 Å². The zero-order valence-corrected chi connectivity index (χ0v) is 15.3. The summed E-state index contributed by atoms with van der Waals surface area (Å²) in [6, 6.07) is 6.71. The van der Waals surface area contributed by atoms with Crippen molar-refractivity contribution in [1.29, 1.82) is 0 Å². The molecular formula is C16H25N3O3Si. The molecule has 126 valence electrons. The van der Waals surface area contributed by atoms with Crippen LogP contribution in [0.15, 0.2) is 24.3 Å². The van der Waals surface area contributed by atoms with E-state index in [1.165, 1.54) is 0 Å². The van der Waals surface area contributed by atoms with Crippen molar-refractivity contribution in [1.82, 2.24) is 16.0 Å². The fourth-order valence-electron chi connectivity index (χ4n) is 1.93. The van der Waals surface area contributed by atoms with Crippen molar-refractivity contribution in [2.24, 2.45) is 0 Å². The fraction of sp³-hybridized carbons (Fsp3) is 0.500. The van der Waals surface area contributed by atoms with Crippen LogP contribution in [0.3, 0.4) is 0 Å². The first kappa shape index (κ1) is 17.5. The highest BCUT2D eigenvalue weighted by Gasteiger charge is 2.37. The van der Waals surface area contributed by atoms with Gasteiger partial charge < -0.3 is 15.1 Å². The molecule has 7 heteroatoms. The van der Waals surface area contributed by atoms with Gasteiger partial charge in [-0.2, -0.15) is 0 Å². The Labute approximate surface area is 138 Å². The van der Waals surface area contributed by atoms with Crippen molar-refractivity contribution in [2.75, 3.05) is 0 Å². The predicted molar refractivity (Wildman–Crippen MR) is 91.4 cm³/mol. The third kappa shape index (κ3) is 4.32. The van der Waals surface area contributed by atoms with Crippen LogP contribution in [0, 0.1) is 0 Å². The Balaban J connectivity index is 2.00. The van der Waals surface area contributed by atoms with Crippen LogP contribution >= 0.6 is 0 Å². The maximum atomic E-state index is 11.3. The summed E-state index contributed by atoms with van der Waals surface area (Å²) in [5.74, 6) is 0. The van der Waals surface area contributed by atoms with E-state index in [4.69, 9.17) is 4.43 Å². The first-order chi connectivity index (χ1) is 10.6. The van der Waals surface area contributed by atoms with Gasteiger partial charge in [-0.05, 0) is 29.3 Å². The maximum Gasteiger partial charge on any atom is 0.324 e. The molecule has 0 bridgehead atoms. The molecule has 1 aliphatic heterocycles. The fourth-order valence-corrected chi connectivity index (χ4v) is 2.89. The van der Waals surface area contributed by atoms with Crippen molar-refractivity contribution in [3.05, 3.63) is 35.4 Å². The predicted octanol–water partition coefficient (Wildman–Crippen LogP) is 3.23. The van der Waals surface area contributed by atoms with Gasteiger partial charge in [-0.15, -0.1) is 0 Å². The minimum Gasteiger partial charge on any atom is -0.413 e. The second-order valence-electron chi connectivity index (χ2n) is 7.30. The molecule has 0 aliphatic carbocycles. The molecule has 0 unspecified atom stereocenters.